The largest absolute Gasteiger partial charge is 0.481 e. The van der Waals surface area contributed by atoms with Crippen molar-refractivity contribution in [3.8, 4) is 0 Å². The van der Waals surface area contributed by atoms with E-state index in [4.69, 9.17) is 0 Å². The maximum Gasteiger partial charge on any atom is 0.308 e. The van der Waals surface area contributed by atoms with Crippen LogP contribution >= 0.6 is 11.3 Å². The molecule has 1 saturated carbocycles. The van der Waals surface area contributed by atoms with Gasteiger partial charge >= 0.3 is 5.97 Å². The quantitative estimate of drug-likeness (QED) is 0.667. The second-order valence-electron chi connectivity index (χ2n) is 6.75. The zero-order valence-corrected chi connectivity index (χ0v) is 14.1. The summed E-state index contributed by atoms with van der Waals surface area (Å²) in [7, 11) is 0. The van der Waals surface area contributed by atoms with Gasteiger partial charge in [0.25, 0.3) is 11.6 Å². The molecule has 130 valence electrons. The van der Waals surface area contributed by atoms with Crippen molar-refractivity contribution in [3.05, 3.63) is 39.3 Å². The van der Waals surface area contributed by atoms with Crippen LogP contribution in [-0.2, 0) is 4.79 Å². The summed E-state index contributed by atoms with van der Waals surface area (Å²) in [5, 5.41) is 21.0. The van der Waals surface area contributed by atoms with Crippen LogP contribution in [0.4, 0.5) is 5.69 Å². The number of fused-ring (bicyclic) bond motifs is 1. The van der Waals surface area contributed by atoms with E-state index in [-0.39, 0.29) is 24.1 Å². The van der Waals surface area contributed by atoms with E-state index in [1.807, 2.05) is 0 Å². The number of non-ortho nitro benzene ring substituents is 1. The third-order valence-corrected chi connectivity index (χ3v) is 6.22. The third-order valence-electron chi connectivity index (χ3n) is 5.12. The number of hydrogen-bond donors (Lipinski definition) is 1. The summed E-state index contributed by atoms with van der Waals surface area (Å²) < 4.78 is 0.807. The second-order valence-corrected chi connectivity index (χ2v) is 7.83. The van der Waals surface area contributed by atoms with Gasteiger partial charge in [0.05, 0.1) is 15.7 Å². The van der Waals surface area contributed by atoms with Gasteiger partial charge in [-0.15, -0.1) is 11.3 Å². The molecule has 1 aromatic carbocycles. The summed E-state index contributed by atoms with van der Waals surface area (Å²) in [6.45, 7) is 0.721. The fourth-order valence-corrected chi connectivity index (χ4v) is 4.67. The van der Waals surface area contributed by atoms with E-state index in [1.165, 1.54) is 23.5 Å². The van der Waals surface area contributed by atoms with Gasteiger partial charge in [-0.3, -0.25) is 19.7 Å². The van der Waals surface area contributed by atoms with Gasteiger partial charge in [0.15, 0.2) is 0 Å². The smallest absolute Gasteiger partial charge is 0.308 e. The number of likely N-dealkylation sites (tertiary alicyclic amines) is 1. The highest BCUT2D eigenvalue weighted by atomic mass is 32.1. The fraction of sp³-hybridized carbons (Fsp3) is 0.412. The summed E-state index contributed by atoms with van der Waals surface area (Å²) >= 11 is 1.29. The molecule has 1 saturated heterocycles. The zero-order chi connectivity index (χ0) is 17.7. The minimum atomic E-state index is -0.834. The summed E-state index contributed by atoms with van der Waals surface area (Å²) in [6.07, 6.45) is 2.09. The minimum Gasteiger partial charge on any atom is -0.481 e. The number of aliphatic carboxylic acids is 1. The monoisotopic (exact) mass is 360 g/mol. The average molecular weight is 360 g/mol. The normalized spacial score (nSPS) is 23.1. The van der Waals surface area contributed by atoms with Crippen molar-refractivity contribution in [2.75, 3.05) is 13.1 Å². The number of carbonyl (C=O) groups excluding carboxylic acids is 1. The van der Waals surface area contributed by atoms with E-state index < -0.39 is 16.8 Å². The number of nitro benzene ring substituents is 1. The van der Waals surface area contributed by atoms with E-state index in [0.29, 0.717) is 22.7 Å². The highest BCUT2D eigenvalue weighted by Gasteiger charge is 2.47. The Balaban J connectivity index is 1.59. The average Bonchev–Trinajstić information content (AvgIpc) is 3.18. The van der Waals surface area contributed by atoms with Crippen molar-refractivity contribution < 1.29 is 19.6 Å². The number of carboxylic acids is 1. The van der Waals surface area contributed by atoms with Crippen LogP contribution in [0.2, 0.25) is 0 Å². The molecule has 2 fully saturated rings. The standard InChI is InChI=1S/C17H16N2O5S/c20-16(18-7-12(9-1-2-9)13(8-18)17(21)22)15-6-10-5-11(19(23)24)3-4-14(10)25-15/h3-6,9,12-13H,1-2,7-8H2,(H,21,22)/t12-,13+/m1/s1. The van der Waals surface area contributed by atoms with E-state index >= 15 is 0 Å². The van der Waals surface area contributed by atoms with Gasteiger partial charge in [-0.1, -0.05) is 0 Å². The molecule has 8 heteroatoms. The van der Waals surface area contributed by atoms with Crippen LogP contribution in [-0.4, -0.2) is 39.9 Å². The highest BCUT2D eigenvalue weighted by molar-refractivity contribution is 7.20. The molecule has 2 atom stereocenters. The van der Waals surface area contributed by atoms with Gasteiger partial charge in [-0.2, -0.15) is 0 Å². The number of amides is 1. The van der Waals surface area contributed by atoms with Gasteiger partial charge in [0, 0.05) is 35.3 Å². The SMILES string of the molecule is O=C(O)[C@H]1CN(C(=O)c2cc3cc([N+](=O)[O-])ccc3s2)C[C@@H]1C1CC1. The van der Waals surface area contributed by atoms with Crippen LogP contribution in [0.5, 0.6) is 0 Å². The molecule has 1 aliphatic heterocycles. The maximum absolute atomic E-state index is 12.8. The van der Waals surface area contributed by atoms with Crippen LogP contribution in [0.15, 0.2) is 24.3 Å². The number of nitro groups is 1. The lowest BCUT2D eigenvalue weighted by molar-refractivity contribution is -0.384. The summed E-state index contributed by atoms with van der Waals surface area (Å²) in [4.78, 5) is 36.8. The Labute approximate surface area is 147 Å². The molecule has 25 heavy (non-hydrogen) atoms. The molecule has 0 bridgehead atoms. The van der Waals surface area contributed by atoms with Crippen molar-refractivity contribution >= 4 is 39.0 Å². The molecule has 2 aromatic rings. The van der Waals surface area contributed by atoms with Gasteiger partial charge in [0.2, 0.25) is 0 Å². The molecule has 1 N–H and O–H groups in total. The van der Waals surface area contributed by atoms with Crippen molar-refractivity contribution in [1.29, 1.82) is 0 Å². The number of carbonyl (C=O) groups is 2. The maximum atomic E-state index is 12.8. The van der Waals surface area contributed by atoms with Crippen molar-refractivity contribution in [1.82, 2.24) is 4.90 Å². The first-order valence-electron chi connectivity index (χ1n) is 8.14. The van der Waals surface area contributed by atoms with Crippen LogP contribution in [0, 0.1) is 27.9 Å². The van der Waals surface area contributed by atoms with Gasteiger partial charge in [-0.25, -0.2) is 0 Å². The van der Waals surface area contributed by atoms with E-state index in [9.17, 15) is 24.8 Å². The molecule has 1 aromatic heterocycles. The first-order valence-corrected chi connectivity index (χ1v) is 8.96. The number of rotatable bonds is 4. The number of nitrogens with zero attached hydrogens (tertiary/aromatic N) is 2. The van der Waals surface area contributed by atoms with Crippen LogP contribution < -0.4 is 0 Å². The first-order chi connectivity index (χ1) is 11.9. The summed E-state index contributed by atoms with van der Waals surface area (Å²) in [6, 6.07) is 6.19. The molecule has 4 rings (SSSR count). The number of benzene rings is 1. The third kappa shape index (κ3) is 2.86. The molecule has 1 amide bonds. The summed E-state index contributed by atoms with van der Waals surface area (Å²) in [5.74, 6) is -1.05. The van der Waals surface area contributed by atoms with Crippen molar-refractivity contribution in [2.45, 2.75) is 12.8 Å². The number of thiophene rings is 1. The Bertz CT molecular complexity index is 888. The van der Waals surface area contributed by atoms with Crippen molar-refractivity contribution in [2.24, 2.45) is 17.8 Å². The van der Waals surface area contributed by atoms with Gasteiger partial charge in [0.1, 0.15) is 0 Å². The lowest BCUT2D eigenvalue weighted by Gasteiger charge is -2.14. The molecule has 0 radical (unpaired) electrons. The Morgan fingerprint density at radius 3 is 2.64 bits per heavy atom. The Morgan fingerprint density at radius 1 is 1.24 bits per heavy atom. The highest BCUT2D eigenvalue weighted by Crippen LogP contribution is 2.44. The lowest BCUT2D eigenvalue weighted by Crippen LogP contribution is -2.29. The molecule has 2 aliphatic rings. The molecular formula is C17H16N2O5S. The van der Waals surface area contributed by atoms with Crippen LogP contribution in [0.25, 0.3) is 10.1 Å². The van der Waals surface area contributed by atoms with E-state index in [2.05, 4.69) is 0 Å². The van der Waals surface area contributed by atoms with Crippen LogP contribution in [0.1, 0.15) is 22.5 Å². The van der Waals surface area contributed by atoms with E-state index in [1.54, 1.807) is 17.0 Å². The van der Waals surface area contributed by atoms with Crippen molar-refractivity contribution in [3.63, 3.8) is 0 Å². The molecular weight excluding hydrogens is 344 g/mol. The van der Waals surface area contributed by atoms with Gasteiger partial charge in [-0.05, 0) is 36.8 Å². The molecule has 2 heterocycles. The molecule has 7 nitrogen and oxygen atoms in total. The van der Waals surface area contributed by atoms with Crippen LogP contribution in [0.3, 0.4) is 0 Å². The second kappa shape index (κ2) is 5.80. The molecule has 0 spiro atoms. The fourth-order valence-electron chi connectivity index (χ4n) is 3.66. The minimum absolute atomic E-state index is 0.00906. The van der Waals surface area contributed by atoms with E-state index in [0.717, 1.165) is 17.5 Å². The summed E-state index contributed by atoms with van der Waals surface area (Å²) in [5.41, 5.74) is -0.00906. The molecule has 0 unspecified atom stereocenters. The lowest BCUT2D eigenvalue weighted by atomic mass is 9.92. The molecule has 1 aliphatic carbocycles. The Hall–Kier alpha value is -2.48. The Kier molecular flexibility index (Phi) is 3.72. The Morgan fingerprint density at radius 2 is 2.00 bits per heavy atom. The number of hydrogen-bond acceptors (Lipinski definition) is 5. The van der Waals surface area contributed by atoms with Gasteiger partial charge < -0.3 is 10.0 Å². The topological polar surface area (TPSA) is 101 Å². The first kappa shape index (κ1) is 16.0. The predicted molar refractivity (Wildman–Crippen MR) is 91.7 cm³/mol. The predicted octanol–water partition coefficient (Wildman–Crippen LogP) is 2.99. The zero-order valence-electron chi connectivity index (χ0n) is 13.3. The number of carboxylic acid groups (broad SMARTS) is 1.